The van der Waals surface area contributed by atoms with E-state index in [2.05, 4.69) is 15.5 Å². The van der Waals surface area contributed by atoms with E-state index in [4.69, 9.17) is 4.42 Å². The average molecular weight is 324 g/mol. The zero-order valence-corrected chi connectivity index (χ0v) is 12.4. The van der Waals surface area contributed by atoms with Crippen molar-refractivity contribution in [3.8, 4) is 11.5 Å². The number of carbonyl (C=O) groups excluding carboxylic acids is 1. The number of nitro benzene ring substituents is 1. The molecule has 0 unspecified atom stereocenters. The maximum Gasteiger partial charge on any atom is 0.322 e. The van der Waals surface area contributed by atoms with Crippen molar-refractivity contribution < 1.29 is 14.1 Å². The van der Waals surface area contributed by atoms with Crippen molar-refractivity contribution in [3.63, 3.8) is 0 Å². The largest absolute Gasteiger partial charge is 0.403 e. The van der Waals surface area contributed by atoms with Crippen molar-refractivity contribution in [2.24, 2.45) is 0 Å². The third-order valence-corrected chi connectivity index (χ3v) is 3.18. The third-order valence-electron chi connectivity index (χ3n) is 3.18. The van der Waals surface area contributed by atoms with Gasteiger partial charge in [-0.3, -0.25) is 20.2 Å². The Bertz CT molecular complexity index is 877. The van der Waals surface area contributed by atoms with Gasteiger partial charge in [-0.15, -0.1) is 5.10 Å². The van der Waals surface area contributed by atoms with E-state index in [0.29, 0.717) is 5.56 Å². The molecule has 3 rings (SSSR count). The van der Waals surface area contributed by atoms with Gasteiger partial charge in [-0.25, -0.2) is 0 Å². The van der Waals surface area contributed by atoms with Gasteiger partial charge in [-0.05, 0) is 11.6 Å². The highest BCUT2D eigenvalue weighted by Gasteiger charge is 2.14. The first kappa shape index (κ1) is 15.3. The Kier molecular flexibility index (Phi) is 4.28. The molecule has 0 atom stereocenters. The summed E-state index contributed by atoms with van der Waals surface area (Å²) in [6.07, 6.45) is 0.176. The summed E-state index contributed by atoms with van der Waals surface area (Å²) < 4.78 is 5.34. The molecule has 1 aromatic heterocycles. The molecule has 2 aromatic carbocycles. The quantitative estimate of drug-likeness (QED) is 0.570. The smallest absolute Gasteiger partial charge is 0.322 e. The molecule has 0 saturated heterocycles. The van der Waals surface area contributed by atoms with Gasteiger partial charge in [0, 0.05) is 17.7 Å². The number of aromatic nitrogens is 2. The molecule has 0 bridgehead atoms. The molecule has 1 heterocycles. The fourth-order valence-corrected chi connectivity index (χ4v) is 2.09. The van der Waals surface area contributed by atoms with E-state index < -0.39 is 4.92 Å². The molecule has 24 heavy (non-hydrogen) atoms. The van der Waals surface area contributed by atoms with Gasteiger partial charge in [0.2, 0.25) is 11.8 Å². The first-order valence-corrected chi connectivity index (χ1v) is 7.04. The topological polar surface area (TPSA) is 111 Å². The van der Waals surface area contributed by atoms with Crippen molar-refractivity contribution in [2.75, 3.05) is 5.32 Å². The molecule has 8 nitrogen and oxygen atoms in total. The highest BCUT2D eigenvalue weighted by Crippen LogP contribution is 2.23. The minimum Gasteiger partial charge on any atom is -0.403 e. The van der Waals surface area contributed by atoms with E-state index in [0.717, 1.165) is 5.56 Å². The number of nitrogens with one attached hydrogen (secondary N) is 1. The second-order valence-electron chi connectivity index (χ2n) is 4.93. The zero-order valence-electron chi connectivity index (χ0n) is 12.4. The van der Waals surface area contributed by atoms with E-state index in [1.165, 1.54) is 18.2 Å². The van der Waals surface area contributed by atoms with Crippen LogP contribution in [0.15, 0.2) is 59.0 Å². The Labute approximate surface area is 136 Å². The van der Waals surface area contributed by atoms with Crippen LogP contribution in [0.2, 0.25) is 0 Å². The fraction of sp³-hybridized carbons (Fsp3) is 0.0625. The van der Waals surface area contributed by atoms with Crippen molar-refractivity contribution >= 4 is 17.6 Å². The molecule has 0 fully saturated rings. The number of hydrogen-bond acceptors (Lipinski definition) is 6. The van der Waals surface area contributed by atoms with Gasteiger partial charge in [0.1, 0.15) is 0 Å². The zero-order chi connectivity index (χ0) is 16.9. The van der Waals surface area contributed by atoms with Crippen LogP contribution in [-0.4, -0.2) is 21.0 Å². The van der Waals surface area contributed by atoms with Crippen LogP contribution in [0, 0.1) is 10.1 Å². The number of non-ortho nitro benzene ring substituents is 1. The molecule has 1 amide bonds. The van der Waals surface area contributed by atoms with E-state index in [1.807, 2.05) is 30.3 Å². The lowest BCUT2D eigenvalue weighted by Gasteiger charge is -2.00. The minimum atomic E-state index is -0.511. The van der Waals surface area contributed by atoms with Gasteiger partial charge in [-0.1, -0.05) is 41.5 Å². The molecular weight excluding hydrogens is 312 g/mol. The predicted octanol–water partition coefficient (Wildman–Crippen LogP) is 2.83. The minimum absolute atomic E-state index is 0.0579. The summed E-state index contributed by atoms with van der Waals surface area (Å²) in [7, 11) is 0. The number of rotatable bonds is 5. The third kappa shape index (κ3) is 3.61. The first-order valence-electron chi connectivity index (χ1n) is 7.04. The van der Waals surface area contributed by atoms with Crippen molar-refractivity contribution in [3.05, 3.63) is 70.3 Å². The van der Waals surface area contributed by atoms with Crippen LogP contribution >= 0.6 is 0 Å². The number of benzene rings is 2. The first-order chi connectivity index (χ1) is 11.6. The number of carbonyl (C=O) groups is 1. The SMILES string of the molecule is O=C(Cc1ccccc1)Nc1nnc(-c2cccc([N+](=O)[O-])c2)o1. The van der Waals surface area contributed by atoms with Gasteiger partial charge in [0.25, 0.3) is 5.69 Å². The Morgan fingerprint density at radius 3 is 2.67 bits per heavy atom. The van der Waals surface area contributed by atoms with Crippen molar-refractivity contribution in [1.29, 1.82) is 0 Å². The van der Waals surface area contributed by atoms with Crippen LogP contribution in [0.25, 0.3) is 11.5 Å². The number of nitrogens with zero attached hydrogens (tertiary/aromatic N) is 3. The molecule has 8 heteroatoms. The number of nitro groups is 1. The molecule has 0 radical (unpaired) electrons. The van der Waals surface area contributed by atoms with Crippen LogP contribution in [-0.2, 0) is 11.2 Å². The highest BCUT2D eigenvalue weighted by molar-refractivity contribution is 5.90. The molecule has 0 aliphatic heterocycles. The second-order valence-corrected chi connectivity index (χ2v) is 4.93. The number of anilines is 1. The molecule has 0 spiro atoms. The van der Waals surface area contributed by atoms with Crippen LogP contribution < -0.4 is 5.32 Å². The van der Waals surface area contributed by atoms with Gasteiger partial charge in [-0.2, -0.15) is 0 Å². The second kappa shape index (κ2) is 6.69. The van der Waals surface area contributed by atoms with Crippen LogP contribution in [0.4, 0.5) is 11.7 Å². The normalized spacial score (nSPS) is 10.3. The predicted molar refractivity (Wildman–Crippen MR) is 85.2 cm³/mol. The van der Waals surface area contributed by atoms with E-state index in [-0.39, 0.29) is 29.9 Å². The monoisotopic (exact) mass is 324 g/mol. The Balaban J connectivity index is 1.70. The van der Waals surface area contributed by atoms with E-state index in [1.54, 1.807) is 6.07 Å². The Morgan fingerprint density at radius 1 is 1.12 bits per heavy atom. The molecule has 0 saturated carbocycles. The summed E-state index contributed by atoms with van der Waals surface area (Å²) in [5, 5.41) is 20.8. The van der Waals surface area contributed by atoms with Gasteiger partial charge in [0.05, 0.1) is 11.3 Å². The summed E-state index contributed by atoms with van der Waals surface area (Å²) in [4.78, 5) is 22.2. The molecule has 120 valence electrons. The van der Waals surface area contributed by atoms with Crippen LogP contribution in [0.5, 0.6) is 0 Å². The lowest BCUT2D eigenvalue weighted by Crippen LogP contribution is -2.14. The summed E-state index contributed by atoms with van der Waals surface area (Å²) >= 11 is 0. The molecule has 3 aromatic rings. The van der Waals surface area contributed by atoms with Gasteiger partial charge >= 0.3 is 6.01 Å². The summed E-state index contributed by atoms with van der Waals surface area (Å²) in [6, 6.07) is 15.0. The van der Waals surface area contributed by atoms with Crippen molar-refractivity contribution in [2.45, 2.75) is 6.42 Å². The highest BCUT2D eigenvalue weighted by atomic mass is 16.6. The number of hydrogen-bond donors (Lipinski definition) is 1. The lowest BCUT2D eigenvalue weighted by molar-refractivity contribution is -0.384. The molecule has 1 N–H and O–H groups in total. The summed E-state index contributed by atoms with van der Waals surface area (Å²) in [6.45, 7) is 0. The Hall–Kier alpha value is -3.55. The van der Waals surface area contributed by atoms with Crippen molar-refractivity contribution in [1.82, 2.24) is 10.2 Å². The number of amides is 1. The molecular formula is C16H12N4O4. The Morgan fingerprint density at radius 2 is 1.92 bits per heavy atom. The molecule has 0 aliphatic rings. The lowest BCUT2D eigenvalue weighted by atomic mass is 10.1. The van der Waals surface area contributed by atoms with Crippen LogP contribution in [0.3, 0.4) is 0 Å². The summed E-state index contributed by atoms with van der Waals surface area (Å²) in [5.74, 6) is -0.204. The standard InChI is InChI=1S/C16H12N4O4/c21-14(9-11-5-2-1-3-6-11)17-16-19-18-15(24-16)12-7-4-8-13(10-12)20(22)23/h1-8,10H,9H2,(H,17,19,21). The van der Waals surface area contributed by atoms with Gasteiger partial charge in [0.15, 0.2) is 0 Å². The molecule has 0 aliphatic carbocycles. The fourth-order valence-electron chi connectivity index (χ4n) is 2.09. The van der Waals surface area contributed by atoms with Gasteiger partial charge < -0.3 is 4.42 Å². The van der Waals surface area contributed by atoms with Crippen LogP contribution in [0.1, 0.15) is 5.56 Å². The van der Waals surface area contributed by atoms with E-state index in [9.17, 15) is 14.9 Å². The van der Waals surface area contributed by atoms with E-state index >= 15 is 0 Å². The average Bonchev–Trinajstić information content (AvgIpc) is 3.04. The maximum atomic E-state index is 11.9. The summed E-state index contributed by atoms with van der Waals surface area (Å²) in [5.41, 5.74) is 1.18. The maximum absolute atomic E-state index is 11.9.